The molecule has 1 fully saturated rings. The first-order valence-electron chi connectivity index (χ1n) is 9.26. The van der Waals surface area contributed by atoms with E-state index in [2.05, 4.69) is 0 Å². The van der Waals surface area contributed by atoms with Crippen LogP contribution in [0.3, 0.4) is 0 Å². The van der Waals surface area contributed by atoms with Gasteiger partial charge in [-0.25, -0.2) is 4.39 Å². The Bertz CT molecular complexity index is 955. The van der Waals surface area contributed by atoms with Crippen LogP contribution >= 0.6 is 11.6 Å². The van der Waals surface area contributed by atoms with E-state index in [0.717, 1.165) is 0 Å². The number of rotatable bonds is 7. The standard InChI is InChI=1S/C21H21ClFN3O4/c1-30-9-8-24(21(29)15-4-2-5-16(22)10-15)12-19(27)25-13-20(28)26(14-25)18-7-3-6-17(23)11-18/h2-7,10-11H,8-9,12-14H2,1H3. The average molecular weight is 434 g/mol. The van der Waals surface area contributed by atoms with Crippen molar-refractivity contribution in [3.8, 4) is 0 Å². The van der Waals surface area contributed by atoms with Gasteiger partial charge in [0.25, 0.3) is 5.91 Å². The Balaban J connectivity index is 1.71. The number of benzene rings is 2. The van der Waals surface area contributed by atoms with E-state index in [1.165, 1.54) is 46.1 Å². The van der Waals surface area contributed by atoms with Gasteiger partial charge in [0.2, 0.25) is 11.8 Å². The average Bonchev–Trinajstić information content (AvgIpc) is 3.12. The molecule has 0 atom stereocenters. The van der Waals surface area contributed by atoms with Gasteiger partial charge < -0.3 is 14.5 Å². The Morgan fingerprint density at radius 2 is 1.97 bits per heavy atom. The van der Waals surface area contributed by atoms with Crippen LogP contribution in [0, 0.1) is 5.82 Å². The highest BCUT2D eigenvalue weighted by molar-refractivity contribution is 6.31. The maximum Gasteiger partial charge on any atom is 0.254 e. The fourth-order valence-corrected chi connectivity index (χ4v) is 3.30. The van der Waals surface area contributed by atoms with Crippen LogP contribution < -0.4 is 4.90 Å². The van der Waals surface area contributed by atoms with Crippen LogP contribution in [-0.4, -0.2) is 67.5 Å². The smallest absolute Gasteiger partial charge is 0.254 e. The largest absolute Gasteiger partial charge is 0.383 e. The molecule has 0 radical (unpaired) electrons. The maximum atomic E-state index is 13.5. The Morgan fingerprint density at radius 3 is 2.67 bits per heavy atom. The van der Waals surface area contributed by atoms with E-state index < -0.39 is 11.7 Å². The SMILES string of the molecule is COCCN(CC(=O)N1CC(=O)N(c2cccc(F)c2)C1)C(=O)c1cccc(Cl)c1. The predicted octanol–water partition coefficient (Wildman–Crippen LogP) is 2.40. The molecule has 3 rings (SSSR count). The maximum absolute atomic E-state index is 13.5. The van der Waals surface area contributed by atoms with E-state index in [0.29, 0.717) is 16.3 Å². The highest BCUT2D eigenvalue weighted by atomic mass is 35.5. The van der Waals surface area contributed by atoms with Gasteiger partial charge in [-0.15, -0.1) is 0 Å². The van der Waals surface area contributed by atoms with Crippen LogP contribution in [0.25, 0.3) is 0 Å². The minimum absolute atomic E-state index is 0.00933. The summed E-state index contributed by atoms with van der Waals surface area (Å²) in [6, 6.07) is 12.1. The molecule has 0 saturated carbocycles. The van der Waals surface area contributed by atoms with E-state index in [1.807, 2.05) is 0 Å². The van der Waals surface area contributed by atoms with E-state index >= 15 is 0 Å². The van der Waals surface area contributed by atoms with Crippen LogP contribution in [0.15, 0.2) is 48.5 Å². The summed E-state index contributed by atoms with van der Waals surface area (Å²) in [7, 11) is 1.50. The van der Waals surface area contributed by atoms with Crippen molar-refractivity contribution in [2.45, 2.75) is 0 Å². The van der Waals surface area contributed by atoms with E-state index in [-0.39, 0.29) is 44.7 Å². The molecule has 0 unspecified atom stereocenters. The molecule has 7 nitrogen and oxygen atoms in total. The monoisotopic (exact) mass is 433 g/mol. The highest BCUT2D eigenvalue weighted by Crippen LogP contribution is 2.21. The first-order valence-corrected chi connectivity index (χ1v) is 9.64. The zero-order valence-corrected chi connectivity index (χ0v) is 17.1. The summed E-state index contributed by atoms with van der Waals surface area (Å²) in [6.45, 7) is 0.0688. The Kier molecular flexibility index (Phi) is 7.02. The lowest BCUT2D eigenvalue weighted by molar-refractivity contribution is -0.132. The number of nitrogens with zero attached hydrogens (tertiary/aromatic N) is 3. The summed E-state index contributed by atoms with van der Waals surface area (Å²) < 4.78 is 18.5. The first-order chi connectivity index (χ1) is 14.4. The van der Waals surface area contributed by atoms with Crippen LogP contribution in [0.5, 0.6) is 0 Å². The summed E-state index contributed by atoms with van der Waals surface area (Å²) in [5.41, 5.74) is 0.729. The highest BCUT2D eigenvalue weighted by Gasteiger charge is 2.33. The summed E-state index contributed by atoms with van der Waals surface area (Å²) in [4.78, 5) is 42.1. The number of carbonyl (C=O) groups excluding carboxylic acids is 3. The van der Waals surface area contributed by atoms with Gasteiger partial charge in [0.15, 0.2) is 0 Å². The van der Waals surface area contributed by atoms with Crippen molar-refractivity contribution in [1.82, 2.24) is 9.80 Å². The van der Waals surface area contributed by atoms with Crippen molar-refractivity contribution in [2.75, 3.05) is 44.9 Å². The summed E-state index contributed by atoms with van der Waals surface area (Å²) in [5.74, 6) is -1.55. The molecule has 30 heavy (non-hydrogen) atoms. The Morgan fingerprint density at radius 1 is 1.20 bits per heavy atom. The van der Waals surface area contributed by atoms with Crippen molar-refractivity contribution < 1.29 is 23.5 Å². The normalized spacial score (nSPS) is 13.6. The van der Waals surface area contributed by atoms with Gasteiger partial charge in [-0.3, -0.25) is 19.3 Å². The second-order valence-corrected chi connectivity index (χ2v) is 7.20. The minimum Gasteiger partial charge on any atom is -0.383 e. The number of halogens is 2. The number of ether oxygens (including phenoxy) is 1. The first kappa shape index (κ1) is 21.7. The van der Waals surface area contributed by atoms with Crippen molar-refractivity contribution in [2.24, 2.45) is 0 Å². The lowest BCUT2D eigenvalue weighted by Gasteiger charge is -2.25. The van der Waals surface area contributed by atoms with Gasteiger partial charge in [0.05, 0.1) is 6.61 Å². The molecule has 1 aliphatic rings. The number of hydrogen-bond acceptors (Lipinski definition) is 4. The van der Waals surface area contributed by atoms with Crippen LogP contribution in [-0.2, 0) is 14.3 Å². The molecule has 0 spiro atoms. The van der Waals surface area contributed by atoms with Crippen LogP contribution in [0.2, 0.25) is 5.02 Å². The van der Waals surface area contributed by atoms with Gasteiger partial charge in [-0.05, 0) is 36.4 Å². The molecule has 0 bridgehead atoms. The molecule has 1 saturated heterocycles. The number of anilines is 1. The second-order valence-electron chi connectivity index (χ2n) is 6.76. The third-order valence-electron chi connectivity index (χ3n) is 4.66. The molecular formula is C21H21ClFN3O4. The molecule has 0 aliphatic carbocycles. The van der Waals surface area contributed by atoms with Gasteiger partial charge in [-0.2, -0.15) is 0 Å². The molecule has 0 aromatic heterocycles. The zero-order chi connectivity index (χ0) is 21.7. The topological polar surface area (TPSA) is 70.2 Å². The number of carbonyl (C=O) groups is 3. The Hall–Kier alpha value is -2.97. The number of methoxy groups -OCH3 is 1. The van der Waals surface area contributed by atoms with Crippen molar-refractivity contribution in [3.05, 3.63) is 64.9 Å². The summed E-state index contributed by atoms with van der Waals surface area (Å²) in [6.07, 6.45) is 0. The summed E-state index contributed by atoms with van der Waals surface area (Å²) >= 11 is 5.97. The van der Waals surface area contributed by atoms with Crippen molar-refractivity contribution in [3.63, 3.8) is 0 Å². The Labute approximate surface area is 178 Å². The number of amides is 3. The summed E-state index contributed by atoms with van der Waals surface area (Å²) in [5, 5.41) is 0.412. The quantitative estimate of drug-likeness (QED) is 0.672. The molecular weight excluding hydrogens is 413 g/mol. The fourth-order valence-electron chi connectivity index (χ4n) is 3.11. The molecule has 1 heterocycles. The third kappa shape index (κ3) is 5.14. The molecule has 2 aromatic carbocycles. The van der Waals surface area contributed by atoms with Crippen molar-refractivity contribution in [1.29, 1.82) is 0 Å². The van der Waals surface area contributed by atoms with Crippen LogP contribution in [0.1, 0.15) is 10.4 Å². The van der Waals surface area contributed by atoms with Gasteiger partial charge >= 0.3 is 0 Å². The van der Waals surface area contributed by atoms with Crippen LogP contribution in [0.4, 0.5) is 10.1 Å². The van der Waals surface area contributed by atoms with Crippen molar-refractivity contribution >= 4 is 35.0 Å². The molecule has 158 valence electrons. The molecule has 1 aliphatic heterocycles. The molecule has 2 aromatic rings. The molecule has 0 N–H and O–H groups in total. The van der Waals surface area contributed by atoms with E-state index in [4.69, 9.17) is 16.3 Å². The lowest BCUT2D eigenvalue weighted by Crippen LogP contribution is -2.44. The van der Waals surface area contributed by atoms with E-state index in [9.17, 15) is 18.8 Å². The molecule has 9 heteroatoms. The second kappa shape index (κ2) is 9.69. The predicted molar refractivity (Wildman–Crippen MR) is 110 cm³/mol. The van der Waals surface area contributed by atoms with Gasteiger partial charge in [-0.1, -0.05) is 23.7 Å². The third-order valence-corrected chi connectivity index (χ3v) is 4.90. The zero-order valence-electron chi connectivity index (χ0n) is 16.4. The van der Waals surface area contributed by atoms with Gasteiger partial charge in [0, 0.05) is 29.9 Å². The van der Waals surface area contributed by atoms with E-state index in [1.54, 1.807) is 24.3 Å². The molecule has 3 amide bonds. The van der Waals surface area contributed by atoms with Gasteiger partial charge in [0.1, 0.15) is 25.6 Å². The fraction of sp³-hybridized carbons (Fsp3) is 0.286. The minimum atomic E-state index is -0.470. The number of hydrogen-bond donors (Lipinski definition) is 0. The lowest BCUT2D eigenvalue weighted by atomic mass is 10.2.